The highest BCUT2D eigenvalue weighted by Gasteiger charge is 2.29. The first-order valence-electron chi connectivity index (χ1n) is 10.2. The first-order valence-corrected chi connectivity index (χ1v) is 10.2. The Labute approximate surface area is 173 Å². The van der Waals surface area contributed by atoms with E-state index in [1.165, 1.54) is 12.1 Å². The first-order chi connectivity index (χ1) is 13.8. The summed E-state index contributed by atoms with van der Waals surface area (Å²) in [6, 6.07) is 13.3. The molecule has 0 aromatic heterocycles. The van der Waals surface area contributed by atoms with Gasteiger partial charge in [0.15, 0.2) is 0 Å². The van der Waals surface area contributed by atoms with Crippen molar-refractivity contribution < 1.29 is 14.0 Å². The van der Waals surface area contributed by atoms with E-state index in [1.54, 1.807) is 17.0 Å². The second-order valence-corrected chi connectivity index (χ2v) is 7.55. The zero-order valence-corrected chi connectivity index (χ0v) is 17.7. The van der Waals surface area contributed by atoms with Crippen molar-refractivity contribution in [1.29, 1.82) is 0 Å². The molecule has 0 aliphatic heterocycles. The van der Waals surface area contributed by atoms with Gasteiger partial charge in [-0.1, -0.05) is 55.8 Å². The van der Waals surface area contributed by atoms with E-state index >= 15 is 0 Å². The molecule has 0 fully saturated rings. The van der Waals surface area contributed by atoms with Crippen LogP contribution < -0.4 is 5.32 Å². The van der Waals surface area contributed by atoms with Gasteiger partial charge in [0.05, 0.1) is 6.42 Å². The van der Waals surface area contributed by atoms with Crippen LogP contribution in [0.1, 0.15) is 50.3 Å². The van der Waals surface area contributed by atoms with Gasteiger partial charge in [0.25, 0.3) is 0 Å². The highest BCUT2D eigenvalue weighted by Crippen LogP contribution is 2.16. The lowest BCUT2D eigenvalue weighted by Crippen LogP contribution is -2.51. The Morgan fingerprint density at radius 1 is 0.966 bits per heavy atom. The summed E-state index contributed by atoms with van der Waals surface area (Å²) in [5.74, 6) is -0.599. The fourth-order valence-electron chi connectivity index (χ4n) is 3.13. The van der Waals surface area contributed by atoms with E-state index < -0.39 is 6.04 Å². The quantitative estimate of drug-likeness (QED) is 0.681. The van der Waals surface area contributed by atoms with Gasteiger partial charge in [-0.15, -0.1) is 0 Å². The normalized spacial score (nSPS) is 12.9. The maximum atomic E-state index is 13.3. The topological polar surface area (TPSA) is 49.4 Å². The van der Waals surface area contributed by atoms with Gasteiger partial charge in [-0.3, -0.25) is 9.59 Å². The Kier molecular flexibility index (Phi) is 8.37. The van der Waals surface area contributed by atoms with Gasteiger partial charge in [0, 0.05) is 12.6 Å². The minimum absolute atomic E-state index is 0.0384. The van der Waals surface area contributed by atoms with Gasteiger partial charge >= 0.3 is 0 Å². The summed E-state index contributed by atoms with van der Waals surface area (Å²) < 4.78 is 13.3. The first kappa shape index (κ1) is 22.6. The smallest absolute Gasteiger partial charge is 0.243 e. The van der Waals surface area contributed by atoms with Crippen molar-refractivity contribution in [2.75, 3.05) is 0 Å². The number of aryl methyl sites for hydroxylation is 1. The molecule has 5 heteroatoms. The van der Waals surface area contributed by atoms with Crippen LogP contribution in [0.25, 0.3) is 0 Å². The molecule has 0 bridgehead atoms. The summed E-state index contributed by atoms with van der Waals surface area (Å²) in [5.41, 5.74) is 2.82. The molecule has 1 N–H and O–H groups in total. The lowest BCUT2D eigenvalue weighted by molar-refractivity contribution is -0.141. The Hall–Kier alpha value is -2.69. The van der Waals surface area contributed by atoms with Crippen LogP contribution in [-0.4, -0.2) is 28.8 Å². The molecule has 156 valence electrons. The molecule has 0 unspecified atom stereocenters. The number of carbonyl (C=O) groups is 2. The Morgan fingerprint density at radius 3 is 2.10 bits per heavy atom. The molecule has 0 saturated heterocycles. The predicted octanol–water partition coefficient (Wildman–Crippen LogP) is 4.40. The molecule has 0 saturated carbocycles. The number of hydrogen-bond donors (Lipinski definition) is 1. The number of rotatable bonds is 9. The number of hydrogen-bond acceptors (Lipinski definition) is 2. The van der Waals surface area contributed by atoms with Crippen molar-refractivity contribution >= 4 is 11.8 Å². The zero-order valence-electron chi connectivity index (χ0n) is 17.7. The predicted molar refractivity (Wildman–Crippen MR) is 114 cm³/mol. The van der Waals surface area contributed by atoms with E-state index in [0.29, 0.717) is 6.42 Å². The lowest BCUT2D eigenvalue weighted by Gasteiger charge is -2.31. The van der Waals surface area contributed by atoms with Crippen LogP contribution in [0.3, 0.4) is 0 Å². The standard InChI is InChI=1S/C24H31FN2O2/c1-5-18(4)26-24(29)22(6-2)27(16-20-11-13-21(25)14-12-20)23(28)15-19-9-7-17(3)8-10-19/h7-14,18,22H,5-6,15-16H2,1-4H3,(H,26,29)/t18-,22+/m1/s1. The van der Waals surface area contributed by atoms with Crippen molar-refractivity contribution in [1.82, 2.24) is 10.2 Å². The molecule has 2 atom stereocenters. The van der Waals surface area contributed by atoms with Gasteiger partial charge in [-0.25, -0.2) is 4.39 Å². The maximum absolute atomic E-state index is 13.3. The van der Waals surface area contributed by atoms with Gasteiger partial charge in [-0.2, -0.15) is 0 Å². The van der Waals surface area contributed by atoms with Crippen LogP contribution in [0.15, 0.2) is 48.5 Å². The molecule has 0 spiro atoms. The molecular formula is C24H31FN2O2. The van der Waals surface area contributed by atoms with E-state index in [4.69, 9.17) is 0 Å². The van der Waals surface area contributed by atoms with Crippen molar-refractivity contribution in [3.8, 4) is 0 Å². The largest absolute Gasteiger partial charge is 0.352 e. The highest BCUT2D eigenvalue weighted by atomic mass is 19.1. The number of nitrogens with zero attached hydrogens (tertiary/aromatic N) is 1. The van der Waals surface area contributed by atoms with E-state index in [0.717, 1.165) is 23.1 Å². The zero-order chi connectivity index (χ0) is 21.4. The van der Waals surface area contributed by atoms with E-state index in [9.17, 15) is 14.0 Å². The molecule has 2 aromatic carbocycles. The fraction of sp³-hybridized carbons (Fsp3) is 0.417. The molecule has 0 radical (unpaired) electrons. The van der Waals surface area contributed by atoms with Crippen LogP contribution in [-0.2, 0) is 22.6 Å². The Bertz CT molecular complexity index is 803. The maximum Gasteiger partial charge on any atom is 0.243 e. The van der Waals surface area contributed by atoms with Gasteiger partial charge in [0.2, 0.25) is 11.8 Å². The molecule has 0 heterocycles. The van der Waals surface area contributed by atoms with Crippen LogP contribution in [0.4, 0.5) is 4.39 Å². The van der Waals surface area contributed by atoms with E-state index in [-0.39, 0.29) is 36.6 Å². The molecule has 4 nitrogen and oxygen atoms in total. The SMILES string of the molecule is CC[C@@H](C)NC(=O)[C@H](CC)N(Cc1ccc(F)cc1)C(=O)Cc1ccc(C)cc1. The van der Waals surface area contributed by atoms with Crippen molar-refractivity contribution in [2.24, 2.45) is 0 Å². The van der Waals surface area contributed by atoms with E-state index in [2.05, 4.69) is 5.32 Å². The van der Waals surface area contributed by atoms with Crippen molar-refractivity contribution in [3.63, 3.8) is 0 Å². The van der Waals surface area contributed by atoms with Crippen LogP contribution in [0.5, 0.6) is 0 Å². The molecular weight excluding hydrogens is 367 g/mol. The molecule has 0 aliphatic carbocycles. The van der Waals surface area contributed by atoms with Crippen LogP contribution in [0, 0.1) is 12.7 Å². The number of benzene rings is 2. The van der Waals surface area contributed by atoms with Crippen LogP contribution in [0.2, 0.25) is 0 Å². The number of carbonyl (C=O) groups excluding carboxylic acids is 2. The van der Waals surface area contributed by atoms with Crippen molar-refractivity contribution in [3.05, 3.63) is 71.0 Å². The number of halogens is 1. The summed E-state index contributed by atoms with van der Waals surface area (Å²) in [4.78, 5) is 27.7. The van der Waals surface area contributed by atoms with Gasteiger partial charge in [0.1, 0.15) is 11.9 Å². The fourth-order valence-corrected chi connectivity index (χ4v) is 3.13. The minimum Gasteiger partial charge on any atom is -0.352 e. The molecule has 2 aromatic rings. The monoisotopic (exact) mass is 398 g/mol. The van der Waals surface area contributed by atoms with Gasteiger partial charge < -0.3 is 10.2 Å². The lowest BCUT2D eigenvalue weighted by atomic mass is 10.1. The highest BCUT2D eigenvalue weighted by molar-refractivity contribution is 5.88. The average Bonchev–Trinajstić information content (AvgIpc) is 2.70. The van der Waals surface area contributed by atoms with E-state index in [1.807, 2.05) is 52.0 Å². The van der Waals surface area contributed by atoms with Crippen LogP contribution >= 0.6 is 0 Å². The summed E-state index contributed by atoms with van der Waals surface area (Å²) in [7, 11) is 0. The third-order valence-corrected chi connectivity index (χ3v) is 5.13. The average molecular weight is 399 g/mol. The summed E-state index contributed by atoms with van der Waals surface area (Å²) >= 11 is 0. The number of nitrogens with one attached hydrogen (secondary N) is 1. The van der Waals surface area contributed by atoms with Crippen molar-refractivity contribution in [2.45, 2.75) is 65.6 Å². The summed E-state index contributed by atoms with van der Waals surface area (Å²) in [6.07, 6.45) is 1.54. The number of amides is 2. The third-order valence-electron chi connectivity index (χ3n) is 5.13. The Morgan fingerprint density at radius 2 is 1.55 bits per heavy atom. The van der Waals surface area contributed by atoms with Gasteiger partial charge in [-0.05, 0) is 49.9 Å². The molecule has 29 heavy (non-hydrogen) atoms. The molecule has 0 aliphatic rings. The Balaban J connectivity index is 2.26. The molecule has 2 amide bonds. The second kappa shape index (κ2) is 10.7. The minimum atomic E-state index is -0.577. The summed E-state index contributed by atoms with van der Waals surface area (Å²) in [5, 5.41) is 2.99. The second-order valence-electron chi connectivity index (χ2n) is 7.55. The summed E-state index contributed by atoms with van der Waals surface area (Å²) in [6.45, 7) is 8.11. The third kappa shape index (κ3) is 6.70. The molecule has 2 rings (SSSR count).